The number of carbonyl (C=O) groups is 1. The Bertz CT molecular complexity index is 468. The maximum Gasteiger partial charge on any atom is 0.254 e. The quantitative estimate of drug-likeness (QED) is 0.884. The number of nitrogens with one attached hydrogen (secondary N) is 1. The zero-order valence-electron chi connectivity index (χ0n) is 11.9. The molecule has 0 bridgehead atoms. The Balaban J connectivity index is 1.89. The van der Waals surface area contributed by atoms with Crippen LogP contribution in [0.3, 0.4) is 0 Å². The maximum atomic E-state index is 13.6. The van der Waals surface area contributed by atoms with Gasteiger partial charge in [-0.3, -0.25) is 4.79 Å². The monoisotopic (exact) mass is 279 g/mol. The van der Waals surface area contributed by atoms with Crippen LogP contribution in [-0.2, 0) is 0 Å². The van der Waals surface area contributed by atoms with Gasteiger partial charge in [0.2, 0.25) is 0 Å². The molecule has 0 unspecified atom stereocenters. The van der Waals surface area contributed by atoms with E-state index in [1.165, 1.54) is 25.0 Å². The SMILES string of the molecule is CCCC1CCC(NC(=O)c2ccc(O)cc2F)CC1. The van der Waals surface area contributed by atoms with Gasteiger partial charge in [0.25, 0.3) is 5.91 Å². The van der Waals surface area contributed by atoms with Crippen molar-refractivity contribution in [1.82, 2.24) is 5.32 Å². The molecule has 1 fully saturated rings. The summed E-state index contributed by atoms with van der Waals surface area (Å²) in [5, 5.41) is 12.0. The fraction of sp³-hybridized carbons (Fsp3) is 0.562. The third-order valence-corrected chi connectivity index (χ3v) is 4.08. The highest BCUT2D eigenvalue weighted by atomic mass is 19.1. The highest BCUT2D eigenvalue weighted by Gasteiger charge is 2.23. The third-order valence-electron chi connectivity index (χ3n) is 4.08. The van der Waals surface area contributed by atoms with Crippen molar-refractivity contribution in [2.24, 2.45) is 5.92 Å². The van der Waals surface area contributed by atoms with Gasteiger partial charge in [-0.15, -0.1) is 0 Å². The van der Waals surface area contributed by atoms with Crippen molar-refractivity contribution in [2.45, 2.75) is 51.5 Å². The first kappa shape index (κ1) is 14.8. The summed E-state index contributed by atoms with van der Waals surface area (Å²) in [5.41, 5.74) is -0.00141. The van der Waals surface area contributed by atoms with Gasteiger partial charge in [0.15, 0.2) is 0 Å². The van der Waals surface area contributed by atoms with Gasteiger partial charge in [-0.1, -0.05) is 19.8 Å². The van der Waals surface area contributed by atoms with Crippen LogP contribution in [0, 0.1) is 11.7 Å². The molecule has 1 aliphatic carbocycles. The Morgan fingerprint density at radius 1 is 1.35 bits per heavy atom. The predicted molar refractivity (Wildman–Crippen MR) is 76.2 cm³/mol. The molecule has 110 valence electrons. The lowest BCUT2D eigenvalue weighted by molar-refractivity contribution is 0.0917. The largest absolute Gasteiger partial charge is 0.508 e. The minimum Gasteiger partial charge on any atom is -0.508 e. The number of rotatable bonds is 4. The summed E-state index contributed by atoms with van der Waals surface area (Å²) in [5.74, 6) is -0.457. The van der Waals surface area contributed by atoms with Crippen LogP contribution in [-0.4, -0.2) is 17.1 Å². The van der Waals surface area contributed by atoms with E-state index in [1.54, 1.807) is 0 Å². The molecule has 1 saturated carbocycles. The second-order valence-corrected chi connectivity index (χ2v) is 5.64. The number of hydrogen-bond donors (Lipinski definition) is 2. The summed E-state index contributed by atoms with van der Waals surface area (Å²) in [6.07, 6.45) is 6.67. The zero-order valence-corrected chi connectivity index (χ0v) is 11.9. The number of phenolic OH excluding ortho intramolecular Hbond substituents is 1. The van der Waals surface area contributed by atoms with Gasteiger partial charge in [0, 0.05) is 12.1 Å². The van der Waals surface area contributed by atoms with Gasteiger partial charge in [0.05, 0.1) is 5.56 Å². The van der Waals surface area contributed by atoms with E-state index in [4.69, 9.17) is 5.11 Å². The van der Waals surface area contributed by atoms with Crippen LogP contribution in [0.4, 0.5) is 4.39 Å². The lowest BCUT2D eigenvalue weighted by atomic mass is 9.83. The summed E-state index contributed by atoms with van der Waals surface area (Å²) in [7, 11) is 0. The molecule has 4 heteroatoms. The minimum atomic E-state index is -0.679. The third kappa shape index (κ3) is 3.71. The number of halogens is 1. The summed E-state index contributed by atoms with van der Waals surface area (Å²) >= 11 is 0. The summed E-state index contributed by atoms with van der Waals surface area (Å²) in [4.78, 5) is 12.0. The van der Waals surface area contributed by atoms with Gasteiger partial charge in [0.1, 0.15) is 11.6 Å². The first-order chi connectivity index (χ1) is 9.60. The maximum absolute atomic E-state index is 13.6. The van der Waals surface area contributed by atoms with Crippen LogP contribution in [0.1, 0.15) is 55.8 Å². The molecule has 0 aromatic heterocycles. The van der Waals surface area contributed by atoms with E-state index in [2.05, 4.69) is 12.2 Å². The molecule has 2 N–H and O–H groups in total. The molecule has 0 saturated heterocycles. The van der Waals surface area contributed by atoms with Crippen molar-refractivity contribution in [3.8, 4) is 5.75 Å². The molecule has 0 radical (unpaired) electrons. The number of amides is 1. The van der Waals surface area contributed by atoms with Crippen molar-refractivity contribution in [3.05, 3.63) is 29.6 Å². The first-order valence-electron chi connectivity index (χ1n) is 7.39. The Morgan fingerprint density at radius 3 is 2.65 bits per heavy atom. The average molecular weight is 279 g/mol. The summed E-state index contributed by atoms with van der Waals surface area (Å²) < 4.78 is 13.6. The van der Waals surface area contributed by atoms with E-state index in [0.717, 1.165) is 37.7 Å². The second-order valence-electron chi connectivity index (χ2n) is 5.64. The number of aromatic hydroxyl groups is 1. The molecule has 0 spiro atoms. The van der Waals surface area contributed by atoms with Crippen molar-refractivity contribution in [3.63, 3.8) is 0 Å². The predicted octanol–water partition coefficient (Wildman–Crippen LogP) is 3.62. The van der Waals surface area contributed by atoms with E-state index in [9.17, 15) is 9.18 Å². The first-order valence-corrected chi connectivity index (χ1v) is 7.39. The number of phenols is 1. The van der Waals surface area contributed by atoms with Gasteiger partial charge < -0.3 is 10.4 Å². The van der Waals surface area contributed by atoms with Crippen LogP contribution in [0.2, 0.25) is 0 Å². The lowest BCUT2D eigenvalue weighted by Gasteiger charge is -2.29. The van der Waals surface area contributed by atoms with Gasteiger partial charge >= 0.3 is 0 Å². The standard InChI is InChI=1S/C16H22FNO2/c1-2-3-11-4-6-12(7-5-11)18-16(20)14-9-8-13(19)10-15(14)17/h8-12,19H,2-7H2,1H3,(H,18,20). The average Bonchev–Trinajstić information content (AvgIpc) is 2.41. The smallest absolute Gasteiger partial charge is 0.254 e. The number of carbonyl (C=O) groups excluding carboxylic acids is 1. The molecule has 1 aromatic rings. The number of hydrogen-bond acceptors (Lipinski definition) is 2. The van der Waals surface area contributed by atoms with E-state index >= 15 is 0 Å². The van der Waals surface area contributed by atoms with E-state index in [-0.39, 0.29) is 23.3 Å². The van der Waals surface area contributed by atoms with Crippen LogP contribution in [0.5, 0.6) is 5.75 Å². The van der Waals surface area contributed by atoms with Gasteiger partial charge in [-0.25, -0.2) is 4.39 Å². The van der Waals surface area contributed by atoms with E-state index in [0.29, 0.717) is 0 Å². The van der Waals surface area contributed by atoms with Crippen molar-refractivity contribution in [2.75, 3.05) is 0 Å². The molecule has 1 amide bonds. The van der Waals surface area contributed by atoms with Crippen molar-refractivity contribution < 1.29 is 14.3 Å². The Labute approximate surface area is 119 Å². The van der Waals surface area contributed by atoms with E-state index < -0.39 is 5.82 Å². The molecule has 2 rings (SSSR count). The van der Waals surface area contributed by atoms with Crippen LogP contribution < -0.4 is 5.32 Å². The molecule has 1 aromatic carbocycles. The van der Waals surface area contributed by atoms with Crippen molar-refractivity contribution in [1.29, 1.82) is 0 Å². The molecular weight excluding hydrogens is 257 g/mol. The molecule has 3 nitrogen and oxygen atoms in total. The molecular formula is C16H22FNO2. The van der Waals surface area contributed by atoms with Gasteiger partial charge in [-0.2, -0.15) is 0 Å². The molecule has 1 aliphatic rings. The second kappa shape index (κ2) is 6.73. The van der Waals surface area contributed by atoms with E-state index in [1.807, 2.05) is 0 Å². The minimum absolute atomic E-state index is 0.00141. The Morgan fingerprint density at radius 2 is 2.05 bits per heavy atom. The molecule has 0 atom stereocenters. The highest BCUT2D eigenvalue weighted by Crippen LogP contribution is 2.28. The topological polar surface area (TPSA) is 49.3 Å². The number of benzene rings is 1. The van der Waals surface area contributed by atoms with Gasteiger partial charge in [-0.05, 0) is 43.7 Å². The zero-order chi connectivity index (χ0) is 14.5. The molecule has 20 heavy (non-hydrogen) atoms. The van der Waals surface area contributed by atoms with Crippen LogP contribution in [0.25, 0.3) is 0 Å². The fourth-order valence-corrected chi connectivity index (χ4v) is 2.96. The molecule has 0 aliphatic heterocycles. The summed E-state index contributed by atoms with van der Waals surface area (Å²) in [6.45, 7) is 2.20. The molecule has 0 heterocycles. The van der Waals surface area contributed by atoms with Crippen LogP contribution in [0.15, 0.2) is 18.2 Å². The van der Waals surface area contributed by atoms with Crippen molar-refractivity contribution >= 4 is 5.91 Å². The summed E-state index contributed by atoms with van der Waals surface area (Å²) in [6, 6.07) is 3.76. The normalized spacial score (nSPS) is 22.5. The lowest BCUT2D eigenvalue weighted by Crippen LogP contribution is -2.38. The Hall–Kier alpha value is -1.58. The highest BCUT2D eigenvalue weighted by molar-refractivity contribution is 5.94. The fourth-order valence-electron chi connectivity index (χ4n) is 2.96. The Kier molecular flexibility index (Phi) is 4.99. The van der Waals surface area contributed by atoms with Crippen LogP contribution >= 0.6 is 0 Å².